The predicted molar refractivity (Wildman–Crippen MR) is 91.0 cm³/mol. The van der Waals surface area contributed by atoms with E-state index in [2.05, 4.69) is 0 Å². The Morgan fingerprint density at radius 1 is 0.846 bits per heavy atom. The van der Waals surface area contributed by atoms with E-state index in [1.165, 1.54) is 6.92 Å². The smallest absolute Gasteiger partial charge is 0.402 e. The molecule has 3 N–H and O–H groups in total. The second kappa shape index (κ2) is 16.7. The van der Waals surface area contributed by atoms with Crippen molar-refractivity contribution in [1.82, 2.24) is 0 Å². The van der Waals surface area contributed by atoms with Crippen molar-refractivity contribution in [2.75, 3.05) is 0 Å². The molecule has 9 heteroatoms. The summed E-state index contributed by atoms with van der Waals surface area (Å²) in [5, 5.41) is 24.5. The third-order valence-electron chi connectivity index (χ3n) is 3.16. The van der Waals surface area contributed by atoms with Crippen molar-refractivity contribution < 1.29 is 42.9 Å². The minimum Gasteiger partial charge on any atom is -0.481 e. The number of aliphatic carboxylic acids is 3. The highest BCUT2D eigenvalue weighted by Gasteiger charge is 2.43. The Morgan fingerprint density at radius 3 is 1.42 bits per heavy atom. The number of hydrogen-bond acceptors (Lipinski definition) is 3. The minimum absolute atomic E-state index is 0.167. The van der Waals surface area contributed by atoms with Crippen molar-refractivity contribution in [2.45, 2.75) is 78.8 Å². The molecule has 0 radical (unpaired) electrons. The van der Waals surface area contributed by atoms with E-state index in [9.17, 15) is 27.6 Å². The van der Waals surface area contributed by atoms with Gasteiger partial charge in [0, 0.05) is 6.42 Å². The minimum atomic E-state index is -4.61. The van der Waals surface area contributed by atoms with Gasteiger partial charge in [0.2, 0.25) is 0 Å². The van der Waals surface area contributed by atoms with E-state index in [-0.39, 0.29) is 18.8 Å². The summed E-state index contributed by atoms with van der Waals surface area (Å²) in [6, 6.07) is 0. The predicted octanol–water partition coefficient (Wildman–Crippen LogP) is 4.82. The molecule has 2 unspecified atom stereocenters. The zero-order valence-electron chi connectivity index (χ0n) is 15.8. The maximum Gasteiger partial charge on any atom is 0.402 e. The van der Waals surface area contributed by atoms with E-state index in [1.54, 1.807) is 6.92 Å². The molecule has 0 rings (SSSR count). The van der Waals surface area contributed by atoms with Crippen LogP contribution in [0.1, 0.15) is 72.6 Å². The van der Waals surface area contributed by atoms with E-state index >= 15 is 0 Å². The first-order valence-electron chi connectivity index (χ1n) is 8.58. The van der Waals surface area contributed by atoms with Gasteiger partial charge in [-0.25, -0.2) is 0 Å². The second-order valence-corrected chi connectivity index (χ2v) is 5.75. The molecule has 0 aromatic heterocycles. The van der Waals surface area contributed by atoms with Crippen LogP contribution in [0.15, 0.2) is 0 Å². The molecule has 0 aromatic carbocycles. The van der Waals surface area contributed by atoms with Crippen LogP contribution < -0.4 is 0 Å². The van der Waals surface area contributed by atoms with Crippen LogP contribution in [0.5, 0.6) is 0 Å². The molecule has 0 aliphatic carbocycles. The Kier molecular flexibility index (Phi) is 18.6. The lowest BCUT2D eigenvalue weighted by Crippen LogP contribution is -2.30. The molecule has 0 aliphatic heterocycles. The van der Waals surface area contributed by atoms with Gasteiger partial charge >= 0.3 is 24.1 Å². The van der Waals surface area contributed by atoms with Crippen LogP contribution >= 0.6 is 0 Å². The number of hydrogen-bond donors (Lipinski definition) is 3. The van der Waals surface area contributed by atoms with Crippen molar-refractivity contribution >= 4 is 17.9 Å². The van der Waals surface area contributed by atoms with Crippen LogP contribution in [0.25, 0.3) is 0 Å². The largest absolute Gasteiger partial charge is 0.481 e. The fraction of sp³-hybridized carbons (Fsp3) is 0.824. The lowest BCUT2D eigenvalue weighted by Gasteiger charge is -2.14. The van der Waals surface area contributed by atoms with Gasteiger partial charge in [-0.2, -0.15) is 13.2 Å². The Labute approximate surface area is 152 Å². The summed E-state index contributed by atoms with van der Waals surface area (Å²) in [6.07, 6.45) is -0.919. The molecule has 6 nitrogen and oxygen atoms in total. The summed E-state index contributed by atoms with van der Waals surface area (Å²) in [4.78, 5) is 29.9. The van der Waals surface area contributed by atoms with Crippen LogP contribution in [0.2, 0.25) is 0 Å². The first kappa shape index (κ1) is 29.0. The van der Waals surface area contributed by atoms with E-state index in [4.69, 9.17) is 15.3 Å². The SMILES string of the molecule is CCCC(C(=O)O)C(F)(F)F.CCCC(C)C(=O)O.CCCCC(=O)O. The Hall–Kier alpha value is -1.80. The average Bonchev–Trinajstić information content (AvgIpc) is 2.50. The molecule has 0 aliphatic rings. The molecule has 0 saturated heterocycles. The molecule has 0 saturated carbocycles. The fourth-order valence-corrected chi connectivity index (χ4v) is 1.60. The number of alkyl halides is 3. The van der Waals surface area contributed by atoms with Gasteiger partial charge in [-0.3, -0.25) is 14.4 Å². The third-order valence-corrected chi connectivity index (χ3v) is 3.16. The highest BCUT2D eigenvalue weighted by Crippen LogP contribution is 2.29. The molecule has 0 amide bonds. The van der Waals surface area contributed by atoms with Gasteiger partial charge in [0.1, 0.15) is 0 Å². The topological polar surface area (TPSA) is 112 Å². The van der Waals surface area contributed by atoms with Gasteiger partial charge in [0.25, 0.3) is 0 Å². The van der Waals surface area contributed by atoms with E-state index in [1.807, 2.05) is 13.8 Å². The third kappa shape index (κ3) is 20.2. The van der Waals surface area contributed by atoms with Crippen LogP contribution in [-0.2, 0) is 14.4 Å². The van der Waals surface area contributed by atoms with Crippen LogP contribution in [0.4, 0.5) is 13.2 Å². The number of unbranched alkanes of at least 4 members (excludes halogenated alkanes) is 1. The molecule has 0 heterocycles. The Balaban J connectivity index is -0.000000315. The first-order chi connectivity index (χ1) is 11.8. The Bertz CT molecular complexity index is 396. The van der Waals surface area contributed by atoms with E-state index < -0.39 is 30.0 Å². The van der Waals surface area contributed by atoms with E-state index in [0.717, 1.165) is 25.7 Å². The number of carboxylic acid groups (broad SMARTS) is 3. The van der Waals surface area contributed by atoms with Crippen LogP contribution in [0, 0.1) is 11.8 Å². The van der Waals surface area contributed by atoms with Crippen LogP contribution in [-0.4, -0.2) is 39.4 Å². The lowest BCUT2D eigenvalue weighted by molar-refractivity contribution is -0.194. The van der Waals surface area contributed by atoms with E-state index in [0.29, 0.717) is 6.42 Å². The number of rotatable bonds is 9. The Morgan fingerprint density at radius 2 is 1.31 bits per heavy atom. The van der Waals surface area contributed by atoms with Crippen molar-refractivity contribution in [3.8, 4) is 0 Å². The highest BCUT2D eigenvalue weighted by atomic mass is 19.4. The number of carboxylic acids is 3. The van der Waals surface area contributed by atoms with Gasteiger partial charge < -0.3 is 15.3 Å². The number of halogens is 3. The fourth-order valence-electron chi connectivity index (χ4n) is 1.60. The summed E-state index contributed by atoms with van der Waals surface area (Å²) < 4.78 is 35.3. The van der Waals surface area contributed by atoms with Crippen LogP contribution in [0.3, 0.4) is 0 Å². The maximum absolute atomic E-state index is 11.8. The zero-order valence-corrected chi connectivity index (χ0v) is 15.8. The molecule has 26 heavy (non-hydrogen) atoms. The average molecular weight is 388 g/mol. The standard InChI is InChI=1S/C6H9F3O2.C6H12O2.C5H10O2/c1-2-3-4(5(10)11)6(7,8)9;1-3-4-5(2)6(7)8;1-2-3-4-5(6)7/h4H,2-3H2,1H3,(H,10,11);5H,3-4H2,1-2H3,(H,7,8);2-4H2,1H3,(H,6,7). The molecular weight excluding hydrogens is 357 g/mol. The van der Waals surface area contributed by atoms with Crippen molar-refractivity contribution in [3.05, 3.63) is 0 Å². The van der Waals surface area contributed by atoms with Gasteiger partial charge in [0.05, 0.1) is 5.92 Å². The van der Waals surface area contributed by atoms with Gasteiger partial charge in [-0.1, -0.05) is 47.0 Å². The summed E-state index contributed by atoms with van der Waals surface area (Å²) in [5.41, 5.74) is 0. The molecule has 0 fully saturated rings. The normalized spacial score (nSPS) is 12.6. The molecular formula is C17H31F3O6. The van der Waals surface area contributed by atoms with Gasteiger partial charge in [-0.05, 0) is 19.3 Å². The quantitative estimate of drug-likeness (QED) is 0.522. The molecule has 156 valence electrons. The second-order valence-electron chi connectivity index (χ2n) is 5.75. The monoisotopic (exact) mass is 388 g/mol. The van der Waals surface area contributed by atoms with Gasteiger partial charge in [-0.15, -0.1) is 0 Å². The zero-order chi connectivity index (χ0) is 21.3. The van der Waals surface area contributed by atoms with Crippen molar-refractivity contribution in [2.24, 2.45) is 11.8 Å². The highest BCUT2D eigenvalue weighted by molar-refractivity contribution is 5.70. The summed E-state index contributed by atoms with van der Waals surface area (Å²) in [5.74, 6) is -5.54. The molecule has 2 atom stereocenters. The summed E-state index contributed by atoms with van der Waals surface area (Å²) in [6.45, 7) is 7.20. The van der Waals surface area contributed by atoms with Gasteiger partial charge in [0.15, 0.2) is 5.92 Å². The lowest BCUT2D eigenvalue weighted by atomic mass is 10.0. The van der Waals surface area contributed by atoms with Crippen molar-refractivity contribution in [3.63, 3.8) is 0 Å². The maximum atomic E-state index is 11.8. The first-order valence-corrected chi connectivity index (χ1v) is 8.58. The molecule has 0 spiro atoms. The summed E-state index contributed by atoms with van der Waals surface area (Å²) in [7, 11) is 0. The van der Waals surface area contributed by atoms with Crippen molar-refractivity contribution in [1.29, 1.82) is 0 Å². The summed E-state index contributed by atoms with van der Waals surface area (Å²) >= 11 is 0. The molecule has 0 aromatic rings. The molecule has 0 bridgehead atoms. The number of carbonyl (C=O) groups is 3.